The van der Waals surface area contributed by atoms with Crippen LogP contribution < -0.4 is 15.4 Å². The van der Waals surface area contributed by atoms with Crippen LogP contribution in [0.4, 0.5) is 11.4 Å². The molecule has 160 valence electrons. The van der Waals surface area contributed by atoms with E-state index in [2.05, 4.69) is 10.6 Å². The fourth-order valence-electron chi connectivity index (χ4n) is 3.23. The molecule has 4 rings (SSSR count). The molecular weight excluding hydrogens is 408 g/mol. The lowest BCUT2D eigenvalue weighted by molar-refractivity contribution is -0.131. The van der Waals surface area contributed by atoms with Gasteiger partial charge >= 0.3 is 5.97 Å². The first-order valence-corrected chi connectivity index (χ1v) is 9.90. The first-order chi connectivity index (χ1) is 15.4. The van der Waals surface area contributed by atoms with Crippen LogP contribution in [-0.2, 0) is 4.79 Å². The number of carbonyl (C=O) groups is 3. The highest BCUT2D eigenvalue weighted by Crippen LogP contribution is 2.32. The fourth-order valence-corrected chi connectivity index (χ4v) is 3.23. The number of hydrogen-bond acceptors (Lipinski definition) is 5. The highest BCUT2D eigenvalue weighted by Gasteiger charge is 2.24. The lowest BCUT2D eigenvalue weighted by Gasteiger charge is -2.10. The predicted molar refractivity (Wildman–Crippen MR) is 121 cm³/mol. The first-order valence-electron chi connectivity index (χ1n) is 9.90. The minimum Gasteiger partial charge on any atom is -0.449 e. The Labute approximate surface area is 184 Å². The van der Waals surface area contributed by atoms with Crippen LogP contribution in [0.5, 0.6) is 5.75 Å². The number of hydrogen-bond donors (Lipinski definition) is 2. The molecule has 0 aliphatic heterocycles. The minimum atomic E-state index is -0.544. The molecule has 4 aromatic rings. The van der Waals surface area contributed by atoms with Gasteiger partial charge in [0.25, 0.3) is 11.8 Å². The number of ether oxygens (including phenoxy) is 1. The Hall–Kier alpha value is -4.39. The van der Waals surface area contributed by atoms with Gasteiger partial charge in [0.05, 0.1) is 5.56 Å². The molecule has 0 aliphatic carbocycles. The van der Waals surface area contributed by atoms with Gasteiger partial charge in [-0.15, -0.1) is 0 Å². The van der Waals surface area contributed by atoms with E-state index in [1.807, 2.05) is 19.1 Å². The van der Waals surface area contributed by atoms with E-state index in [0.29, 0.717) is 16.7 Å². The van der Waals surface area contributed by atoms with Gasteiger partial charge in [0, 0.05) is 18.0 Å². The molecule has 0 unspecified atom stereocenters. The van der Waals surface area contributed by atoms with Gasteiger partial charge in [-0.05, 0) is 43.3 Å². The minimum absolute atomic E-state index is 0.0370. The molecule has 32 heavy (non-hydrogen) atoms. The molecule has 0 bridgehead atoms. The smallest absolute Gasteiger partial charge is 0.308 e. The van der Waals surface area contributed by atoms with Gasteiger partial charge in [-0.25, -0.2) is 0 Å². The molecule has 1 heterocycles. The largest absolute Gasteiger partial charge is 0.449 e. The number of carbonyl (C=O) groups excluding carboxylic acids is 3. The van der Waals surface area contributed by atoms with E-state index in [1.165, 1.54) is 19.1 Å². The van der Waals surface area contributed by atoms with Crippen molar-refractivity contribution in [3.8, 4) is 5.75 Å². The molecule has 2 amide bonds. The van der Waals surface area contributed by atoms with Crippen molar-refractivity contribution in [2.24, 2.45) is 0 Å². The maximum absolute atomic E-state index is 13.1. The van der Waals surface area contributed by atoms with E-state index in [4.69, 9.17) is 9.15 Å². The van der Waals surface area contributed by atoms with E-state index < -0.39 is 17.8 Å². The highest BCUT2D eigenvalue weighted by atomic mass is 16.5. The lowest BCUT2D eigenvalue weighted by atomic mass is 10.1. The Kier molecular flexibility index (Phi) is 5.72. The van der Waals surface area contributed by atoms with Crippen molar-refractivity contribution in [2.75, 3.05) is 10.6 Å². The SMILES string of the molecule is CC(=O)Oc1ccccc1C(=O)Nc1c(C(=O)Nc2ccc(C)cc2)oc2ccccc12. The molecule has 2 N–H and O–H groups in total. The third kappa shape index (κ3) is 4.37. The summed E-state index contributed by atoms with van der Waals surface area (Å²) in [5.74, 6) is -1.51. The number of fused-ring (bicyclic) bond motifs is 1. The van der Waals surface area contributed by atoms with Crippen LogP contribution in [0.2, 0.25) is 0 Å². The zero-order valence-corrected chi connectivity index (χ0v) is 17.5. The maximum Gasteiger partial charge on any atom is 0.308 e. The summed E-state index contributed by atoms with van der Waals surface area (Å²) in [6, 6.07) is 20.7. The summed E-state index contributed by atoms with van der Waals surface area (Å²) in [5, 5.41) is 6.11. The third-order valence-corrected chi connectivity index (χ3v) is 4.74. The average Bonchev–Trinajstić information content (AvgIpc) is 3.14. The molecule has 0 aliphatic rings. The highest BCUT2D eigenvalue weighted by molar-refractivity contribution is 6.17. The Morgan fingerprint density at radius 1 is 0.812 bits per heavy atom. The molecule has 0 saturated heterocycles. The van der Waals surface area contributed by atoms with Gasteiger partial charge in [0.1, 0.15) is 17.0 Å². The molecule has 7 nitrogen and oxygen atoms in total. The normalized spacial score (nSPS) is 10.6. The predicted octanol–water partition coefficient (Wildman–Crippen LogP) is 5.17. The van der Waals surface area contributed by atoms with Crippen molar-refractivity contribution in [3.63, 3.8) is 0 Å². The van der Waals surface area contributed by atoms with Crippen LogP contribution in [0.3, 0.4) is 0 Å². The van der Waals surface area contributed by atoms with Gasteiger partial charge < -0.3 is 19.8 Å². The van der Waals surface area contributed by atoms with Gasteiger partial charge in [-0.3, -0.25) is 14.4 Å². The third-order valence-electron chi connectivity index (χ3n) is 4.74. The number of furan rings is 1. The maximum atomic E-state index is 13.1. The Morgan fingerprint density at radius 2 is 1.50 bits per heavy atom. The van der Waals surface area contributed by atoms with Gasteiger partial charge in [-0.2, -0.15) is 0 Å². The summed E-state index contributed by atoms with van der Waals surface area (Å²) in [6.07, 6.45) is 0. The molecule has 3 aromatic carbocycles. The zero-order chi connectivity index (χ0) is 22.7. The van der Waals surface area contributed by atoms with Crippen LogP contribution in [-0.4, -0.2) is 17.8 Å². The molecule has 0 saturated carbocycles. The average molecular weight is 428 g/mol. The molecule has 7 heteroatoms. The van der Waals surface area contributed by atoms with Gasteiger partial charge in [0.15, 0.2) is 0 Å². The Morgan fingerprint density at radius 3 is 2.25 bits per heavy atom. The summed E-state index contributed by atoms with van der Waals surface area (Å²) < 4.78 is 10.9. The van der Waals surface area contributed by atoms with Crippen molar-refractivity contribution in [1.82, 2.24) is 0 Å². The number of para-hydroxylation sites is 2. The van der Waals surface area contributed by atoms with E-state index in [1.54, 1.807) is 48.5 Å². The van der Waals surface area contributed by atoms with E-state index >= 15 is 0 Å². The summed E-state index contributed by atoms with van der Waals surface area (Å²) >= 11 is 0. The monoisotopic (exact) mass is 428 g/mol. The summed E-state index contributed by atoms with van der Waals surface area (Å²) in [4.78, 5) is 37.4. The standard InChI is InChI=1S/C25H20N2O5/c1-15-11-13-17(14-12-15)26-25(30)23-22(18-7-3-5-9-20(18)32-23)27-24(29)19-8-4-6-10-21(19)31-16(2)28/h3-14H,1-2H3,(H,26,30)(H,27,29). The van der Waals surface area contributed by atoms with Crippen LogP contribution in [0.1, 0.15) is 33.4 Å². The number of aryl methyl sites for hydroxylation is 1. The quantitative estimate of drug-likeness (QED) is 0.338. The van der Waals surface area contributed by atoms with Gasteiger partial charge in [0.2, 0.25) is 5.76 Å². The summed E-state index contributed by atoms with van der Waals surface area (Å²) in [6.45, 7) is 3.21. The van der Waals surface area contributed by atoms with Gasteiger partial charge in [-0.1, -0.05) is 42.0 Å². The molecule has 1 aromatic heterocycles. The topological polar surface area (TPSA) is 97.6 Å². The second-order valence-corrected chi connectivity index (χ2v) is 7.17. The second-order valence-electron chi connectivity index (χ2n) is 7.17. The van der Waals surface area contributed by atoms with Crippen molar-refractivity contribution in [3.05, 3.63) is 89.7 Å². The molecule has 0 fully saturated rings. The number of esters is 1. The molecule has 0 radical (unpaired) electrons. The zero-order valence-electron chi connectivity index (χ0n) is 17.5. The number of rotatable bonds is 5. The summed E-state index contributed by atoms with van der Waals surface area (Å²) in [7, 11) is 0. The first kappa shape index (κ1) is 20.9. The molecule has 0 spiro atoms. The van der Waals surface area contributed by atoms with Crippen LogP contribution in [0, 0.1) is 6.92 Å². The molecular formula is C25H20N2O5. The number of anilines is 2. The van der Waals surface area contributed by atoms with E-state index in [0.717, 1.165) is 5.56 Å². The number of benzene rings is 3. The Bertz CT molecular complexity index is 1320. The van der Waals surface area contributed by atoms with Crippen molar-refractivity contribution < 1.29 is 23.5 Å². The lowest BCUT2D eigenvalue weighted by Crippen LogP contribution is -2.18. The summed E-state index contributed by atoms with van der Waals surface area (Å²) in [5.41, 5.74) is 2.49. The van der Waals surface area contributed by atoms with E-state index in [9.17, 15) is 14.4 Å². The second kappa shape index (κ2) is 8.77. The Balaban J connectivity index is 1.69. The number of nitrogens with one attached hydrogen (secondary N) is 2. The number of amides is 2. The van der Waals surface area contributed by atoms with E-state index in [-0.39, 0.29) is 22.8 Å². The van der Waals surface area contributed by atoms with Crippen molar-refractivity contribution in [1.29, 1.82) is 0 Å². The molecule has 0 atom stereocenters. The van der Waals surface area contributed by atoms with Crippen molar-refractivity contribution >= 4 is 40.1 Å². The van der Waals surface area contributed by atoms with Crippen LogP contribution in [0.25, 0.3) is 11.0 Å². The fraction of sp³-hybridized carbons (Fsp3) is 0.0800. The van der Waals surface area contributed by atoms with Crippen LogP contribution >= 0.6 is 0 Å². The van der Waals surface area contributed by atoms with Crippen molar-refractivity contribution in [2.45, 2.75) is 13.8 Å². The van der Waals surface area contributed by atoms with Crippen LogP contribution in [0.15, 0.2) is 77.2 Å².